The number of hydrogen-bond donors (Lipinski definition) is 0. The molecule has 1 heterocycles. The number of hydrogen-bond acceptors (Lipinski definition) is 1. The predicted molar refractivity (Wildman–Crippen MR) is 62.9 cm³/mol. The van der Waals surface area contributed by atoms with Gasteiger partial charge in [0.1, 0.15) is 10.3 Å². The normalized spacial score (nSPS) is 10.6. The summed E-state index contributed by atoms with van der Waals surface area (Å²) in [6.45, 7) is 2.09. The molecule has 0 saturated heterocycles. The van der Waals surface area contributed by atoms with Crippen LogP contribution in [0.5, 0.6) is 0 Å². The molecule has 78 valence electrons. The molecule has 0 aliphatic carbocycles. The molecule has 1 aromatic rings. The van der Waals surface area contributed by atoms with Crippen LogP contribution in [-0.4, -0.2) is 4.98 Å². The van der Waals surface area contributed by atoms with Gasteiger partial charge in [-0.05, 0) is 18.4 Å². The van der Waals surface area contributed by atoms with Crippen molar-refractivity contribution in [3.8, 4) is 0 Å². The van der Waals surface area contributed by atoms with Crippen LogP contribution in [0.4, 0.5) is 0 Å². The summed E-state index contributed by atoms with van der Waals surface area (Å²) < 4.78 is 0. The van der Waals surface area contributed by atoms with E-state index in [1.807, 2.05) is 0 Å². The zero-order valence-corrected chi connectivity index (χ0v) is 10.6. The highest BCUT2D eigenvalue weighted by Crippen LogP contribution is 2.35. The van der Waals surface area contributed by atoms with E-state index >= 15 is 0 Å². The summed E-state index contributed by atoms with van der Waals surface area (Å²) in [7, 11) is 0. The standard InChI is InChI=1S/C9H9Cl4N/c1-2-3-4-5-6(10)8(12)14-9(13)7(5)11/h2-4H2,1H3. The first-order valence-corrected chi connectivity index (χ1v) is 5.78. The molecule has 0 atom stereocenters. The van der Waals surface area contributed by atoms with Crippen LogP contribution in [-0.2, 0) is 6.42 Å². The molecular formula is C9H9Cl4N. The highest BCUT2D eigenvalue weighted by Gasteiger charge is 2.14. The number of nitrogens with zero attached hydrogens (tertiary/aromatic N) is 1. The van der Waals surface area contributed by atoms with Crippen LogP contribution in [0.3, 0.4) is 0 Å². The van der Waals surface area contributed by atoms with E-state index < -0.39 is 0 Å². The summed E-state index contributed by atoms with van der Waals surface area (Å²) in [5, 5.41) is 1.25. The van der Waals surface area contributed by atoms with E-state index in [9.17, 15) is 0 Å². The summed E-state index contributed by atoms with van der Waals surface area (Å²) in [5.74, 6) is 0. The number of rotatable bonds is 3. The van der Waals surface area contributed by atoms with E-state index in [4.69, 9.17) is 46.4 Å². The van der Waals surface area contributed by atoms with Gasteiger partial charge in [-0.2, -0.15) is 0 Å². The molecule has 0 radical (unpaired) electrons. The predicted octanol–water partition coefficient (Wildman–Crippen LogP) is 5.04. The first kappa shape index (κ1) is 12.4. The summed E-state index contributed by atoms with van der Waals surface area (Å²) in [4.78, 5) is 3.81. The van der Waals surface area contributed by atoms with Gasteiger partial charge in [0.15, 0.2) is 0 Å². The molecule has 0 fully saturated rings. The third kappa shape index (κ3) is 2.66. The molecule has 0 aliphatic heterocycles. The second kappa shape index (κ2) is 5.41. The van der Waals surface area contributed by atoms with Crippen molar-refractivity contribution in [2.24, 2.45) is 0 Å². The topological polar surface area (TPSA) is 12.9 Å². The SMILES string of the molecule is CCCCc1c(Cl)c(Cl)nc(Cl)c1Cl. The van der Waals surface area contributed by atoms with Gasteiger partial charge in [-0.25, -0.2) is 4.98 Å². The lowest BCUT2D eigenvalue weighted by Crippen LogP contribution is -1.93. The number of aromatic nitrogens is 1. The molecule has 0 aliphatic rings. The zero-order valence-electron chi connectivity index (χ0n) is 7.58. The van der Waals surface area contributed by atoms with Crippen molar-refractivity contribution in [3.05, 3.63) is 25.9 Å². The molecule has 14 heavy (non-hydrogen) atoms. The third-order valence-electron chi connectivity index (χ3n) is 1.87. The van der Waals surface area contributed by atoms with Crippen molar-refractivity contribution in [3.63, 3.8) is 0 Å². The van der Waals surface area contributed by atoms with Crippen molar-refractivity contribution in [2.75, 3.05) is 0 Å². The molecule has 0 bridgehead atoms. The molecule has 1 nitrogen and oxygen atoms in total. The van der Waals surface area contributed by atoms with Gasteiger partial charge in [-0.1, -0.05) is 59.7 Å². The van der Waals surface area contributed by atoms with Crippen molar-refractivity contribution >= 4 is 46.4 Å². The Hall–Kier alpha value is 0.310. The fraction of sp³-hybridized carbons (Fsp3) is 0.444. The first-order valence-electron chi connectivity index (χ1n) is 4.26. The van der Waals surface area contributed by atoms with Crippen molar-refractivity contribution < 1.29 is 0 Å². The van der Waals surface area contributed by atoms with E-state index in [0.29, 0.717) is 10.0 Å². The Bertz CT molecular complexity index is 312. The Morgan fingerprint density at radius 3 is 1.93 bits per heavy atom. The third-order valence-corrected chi connectivity index (χ3v) is 3.42. The second-order valence-electron chi connectivity index (χ2n) is 2.90. The van der Waals surface area contributed by atoms with Gasteiger partial charge in [0, 0.05) is 0 Å². The summed E-state index contributed by atoms with van der Waals surface area (Å²) in [5.41, 5.74) is 0.792. The Morgan fingerprint density at radius 2 is 1.50 bits per heavy atom. The lowest BCUT2D eigenvalue weighted by Gasteiger charge is -2.08. The smallest absolute Gasteiger partial charge is 0.149 e. The zero-order chi connectivity index (χ0) is 10.7. The summed E-state index contributed by atoms with van der Waals surface area (Å²) in [6, 6.07) is 0. The molecule has 1 aromatic heterocycles. The first-order chi connectivity index (χ1) is 6.57. The minimum absolute atomic E-state index is 0.215. The van der Waals surface area contributed by atoms with Crippen LogP contribution in [0.2, 0.25) is 20.4 Å². The average Bonchev–Trinajstić information content (AvgIpc) is 2.15. The monoisotopic (exact) mass is 271 g/mol. The molecule has 0 unspecified atom stereocenters. The molecule has 0 aromatic carbocycles. The Labute approximate surface area is 103 Å². The molecule has 5 heteroatoms. The quantitative estimate of drug-likeness (QED) is 0.703. The Morgan fingerprint density at radius 1 is 1.00 bits per heavy atom. The maximum absolute atomic E-state index is 5.97. The molecule has 0 saturated carbocycles. The van der Waals surface area contributed by atoms with Crippen LogP contribution < -0.4 is 0 Å². The second-order valence-corrected chi connectivity index (χ2v) is 4.38. The van der Waals surface area contributed by atoms with Crippen LogP contribution in [0.25, 0.3) is 0 Å². The van der Waals surface area contributed by atoms with Gasteiger partial charge in [-0.3, -0.25) is 0 Å². The van der Waals surface area contributed by atoms with Crippen molar-refractivity contribution in [1.29, 1.82) is 0 Å². The Kier molecular flexibility index (Phi) is 4.78. The van der Waals surface area contributed by atoms with Gasteiger partial charge < -0.3 is 0 Å². The largest absolute Gasteiger partial charge is 0.221 e. The van der Waals surface area contributed by atoms with E-state index in [1.54, 1.807) is 0 Å². The van der Waals surface area contributed by atoms with Gasteiger partial charge in [0.2, 0.25) is 0 Å². The number of pyridine rings is 1. The fourth-order valence-electron chi connectivity index (χ4n) is 1.10. The van der Waals surface area contributed by atoms with Gasteiger partial charge >= 0.3 is 0 Å². The van der Waals surface area contributed by atoms with E-state index in [1.165, 1.54) is 0 Å². The van der Waals surface area contributed by atoms with Gasteiger partial charge in [0.05, 0.1) is 10.0 Å². The molecule has 0 N–H and O–H groups in total. The minimum atomic E-state index is 0.215. The van der Waals surface area contributed by atoms with Crippen LogP contribution in [0.1, 0.15) is 25.3 Å². The van der Waals surface area contributed by atoms with Crippen LogP contribution in [0, 0.1) is 0 Å². The maximum Gasteiger partial charge on any atom is 0.149 e. The highest BCUT2D eigenvalue weighted by molar-refractivity contribution is 6.46. The lowest BCUT2D eigenvalue weighted by atomic mass is 10.1. The van der Waals surface area contributed by atoms with Crippen LogP contribution in [0.15, 0.2) is 0 Å². The molecule has 0 spiro atoms. The molecule has 1 rings (SSSR count). The van der Waals surface area contributed by atoms with Crippen molar-refractivity contribution in [2.45, 2.75) is 26.2 Å². The van der Waals surface area contributed by atoms with E-state index in [0.717, 1.165) is 24.8 Å². The van der Waals surface area contributed by atoms with E-state index in [-0.39, 0.29) is 10.3 Å². The lowest BCUT2D eigenvalue weighted by molar-refractivity contribution is 0.794. The summed E-state index contributed by atoms with van der Waals surface area (Å²) in [6.07, 6.45) is 2.83. The van der Waals surface area contributed by atoms with Gasteiger partial charge in [-0.15, -0.1) is 0 Å². The molecular weight excluding hydrogens is 264 g/mol. The highest BCUT2D eigenvalue weighted by atomic mass is 35.5. The average molecular weight is 273 g/mol. The summed E-state index contributed by atoms with van der Waals surface area (Å²) >= 11 is 23.5. The number of halogens is 4. The molecule has 0 amide bonds. The van der Waals surface area contributed by atoms with Gasteiger partial charge in [0.25, 0.3) is 0 Å². The number of unbranched alkanes of at least 4 members (excludes halogenated alkanes) is 1. The van der Waals surface area contributed by atoms with Crippen molar-refractivity contribution in [1.82, 2.24) is 4.98 Å². The van der Waals surface area contributed by atoms with Crippen LogP contribution >= 0.6 is 46.4 Å². The Balaban J connectivity index is 3.11. The van der Waals surface area contributed by atoms with E-state index in [2.05, 4.69) is 11.9 Å². The minimum Gasteiger partial charge on any atom is -0.221 e. The fourth-order valence-corrected chi connectivity index (χ4v) is 2.05. The maximum atomic E-state index is 5.97.